The fourth-order valence-corrected chi connectivity index (χ4v) is 4.34. The maximum atomic E-state index is 12.1. The van der Waals surface area contributed by atoms with E-state index in [0.29, 0.717) is 5.57 Å². The number of aliphatic hydroxyl groups excluding tert-OH is 1. The fourth-order valence-electron chi connectivity index (χ4n) is 3.10. The van der Waals surface area contributed by atoms with Gasteiger partial charge in [-0.3, -0.25) is 4.79 Å². The number of fused-ring (bicyclic) bond motifs is 1. The number of hydrogen-bond acceptors (Lipinski definition) is 3. The average Bonchev–Trinajstić information content (AvgIpc) is 3.25. The van der Waals surface area contributed by atoms with E-state index in [2.05, 4.69) is 45.7 Å². The Morgan fingerprint density at radius 1 is 1.21 bits per heavy atom. The minimum atomic E-state index is -1.96. The highest BCUT2D eigenvalue weighted by Crippen LogP contribution is 2.38. The van der Waals surface area contributed by atoms with Crippen LogP contribution in [0.2, 0.25) is 18.1 Å². The Morgan fingerprint density at radius 2 is 1.89 bits per heavy atom. The Balaban J connectivity index is 1.92. The van der Waals surface area contributed by atoms with E-state index in [-0.39, 0.29) is 16.6 Å². The van der Waals surface area contributed by atoms with Gasteiger partial charge in [-0.15, -0.1) is 0 Å². The molecule has 0 aromatic heterocycles. The van der Waals surface area contributed by atoms with E-state index in [1.807, 2.05) is 30.3 Å². The lowest BCUT2D eigenvalue weighted by Gasteiger charge is -2.38. The summed E-state index contributed by atoms with van der Waals surface area (Å²) in [7, 11) is -1.96. The topological polar surface area (TPSA) is 46.5 Å². The highest BCUT2D eigenvalue weighted by molar-refractivity contribution is 6.74. The lowest BCUT2D eigenvalue weighted by atomic mass is 9.99. The van der Waals surface area contributed by atoms with Crippen molar-refractivity contribution in [2.24, 2.45) is 0 Å². The zero-order valence-electron chi connectivity index (χ0n) is 17.5. The van der Waals surface area contributed by atoms with Crippen LogP contribution in [0.4, 0.5) is 0 Å². The quantitative estimate of drug-likeness (QED) is 0.600. The molecule has 0 aliphatic heterocycles. The van der Waals surface area contributed by atoms with Crippen LogP contribution in [0.25, 0.3) is 6.08 Å². The van der Waals surface area contributed by atoms with Crippen LogP contribution >= 0.6 is 0 Å². The van der Waals surface area contributed by atoms with Crippen LogP contribution in [0.5, 0.6) is 0 Å². The summed E-state index contributed by atoms with van der Waals surface area (Å²) in [5.41, 5.74) is 3.06. The molecule has 148 valence electrons. The van der Waals surface area contributed by atoms with E-state index in [1.165, 1.54) is 0 Å². The Kier molecular flexibility index (Phi) is 5.81. The summed E-state index contributed by atoms with van der Waals surface area (Å²) >= 11 is 0. The second-order valence-corrected chi connectivity index (χ2v) is 13.9. The normalized spacial score (nSPS) is 21.2. The molecule has 2 aromatic carbocycles. The summed E-state index contributed by atoms with van der Waals surface area (Å²) in [6.45, 7) is 11.1. The first-order valence-corrected chi connectivity index (χ1v) is 12.9. The van der Waals surface area contributed by atoms with Crippen molar-refractivity contribution in [1.82, 2.24) is 0 Å². The van der Waals surface area contributed by atoms with Gasteiger partial charge in [0.2, 0.25) is 0 Å². The third kappa shape index (κ3) is 4.55. The van der Waals surface area contributed by atoms with Crippen molar-refractivity contribution in [3.05, 3.63) is 62.8 Å². The highest BCUT2D eigenvalue weighted by atomic mass is 28.4. The second kappa shape index (κ2) is 7.83. The van der Waals surface area contributed by atoms with E-state index >= 15 is 0 Å². The van der Waals surface area contributed by atoms with Gasteiger partial charge < -0.3 is 9.53 Å². The van der Waals surface area contributed by atoms with Crippen molar-refractivity contribution < 1.29 is 9.53 Å². The van der Waals surface area contributed by atoms with Crippen molar-refractivity contribution in [2.75, 3.05) is 0 Å². The average molecular weight is 395 g/mol. The van der Waals surface area contributed by atoms with E-state index in [1.54, 1.807) is 6.08 Å². The molecule has 0 radical (unpaired) electrons. The first kappa shape index (κ1) is 20.8. The van der Waals surface area contributed by atoms with E-state index in [4.69, 9.17) is 4.43 Å². The first-order valence-electron chi connectivity index (χ1n) is 10.0. The molecule has 0 fully saturated rings. The molecule has 0 heterocycles. The van der Waals surface area contributed by atoms with Crippen LogP contribution in [-0.2, 0) is 10.8 Å². The van der Waals surface area contributed by atoms with Crippen molar-refractivity contribution in [3.63, 3.8) is 0 Å². The van der Waals surface area contributed by atoms with Gasteiger partial charge in [0.1, 0.15) is 12.2 Å². The van der Waals surface area contributed by atoms with Crippen LogP contribution in [0.15, 0.2) is 40.7 Å². The number of aliphatic hydroxyl groups is 1. The minimum Gasteiger partial charge on any atom is -0.403 e. The maximum absolute atomic E-state index is 12.1. The van der Waals surface area contributed by atoms with Gasteiger partial charge in [-0.25, -0.2) is 0 Å². The molecule has 1 aliphatic rings. The van der Waals surface area contributed by atoms with E-state index in [0.717, 1.165) is 36.0 Å². The molecule has 3 rings (SSSR count). The molecule has 0 spiro atoms. The third-order valence-corrected chi connectivity index (χ3v) is 10.5. The highest BCUT2D eigenvalue weighted by Gasteiger charge is 2.39. The Morgan fingerprint density at radius 3 is 2.54 bits per heavy atom. The van der Waals surface area contributed by atoms with Gasteiger partial charge in [-0.1, -0.05) is 62.9 Å². The first-order chi connectivity index (χ1) is 13.1. The summed E-state index contributed by atoms with van der Waals surface area (Å²) in [4.78, 5) is 12.1. The Hall–Kier alpha value is -1.93. The lowest BCUT2D eigenvalue weighted by Crippen LogP contribution is -2.43. The number of rotatable bonds is 4. The van der Waals surface area contributed by atoms with E-state index in [9.17, 15) is 9.90 Å². The number of hydrogen-bond donors (Lipinski definition) is 1. The molecule has 2 unspecified atom stereocenters. The van der Waals surface area contributed by atoms with E-state index < -0.39 is 14.4 Å². The summed E-state index contributed by atoms with van der Waals surface area (Å²) < 4.78 is 6.54. The van der Waals surface area contributed by atoms with Crippen molar-refractivity contribution >= 4 is 14.4 Å². The molecular weight excluding hydrogens is 364 g/mol. The molecule has 0 bridgehead atoms. The SMILES string of the molecule is CC(C)(C)[Si](C)(C)OC1C#C/C(C(O)c2ccccc2)=C\c2c(c2=O)CCC1. The molecule has 0 amide bonds. The lowest BCUT2D eigenvalue weighted by molar-refractivity contribution is 0.218. The van der Waals surface area contributed by atoms with Crippen LogP contribution < -0.4 is 5.43 Å². The molecule has 1 aliphatic carbocycles. The molecule has 28 heavy (non-hydrogen) atoms. The maximum Gasteiger partial charge on any atom is 0.193 e. The molecule has 0 saturated carbocycles. The monoisotopic (exact) mass is 394 g/mol. The zero-order chi connectivity index (χ0) is 20.5. The summed E-state index contributed by atoms with van der Waals surface area (Å²) in [5, 5.41) is 11.0. The third-order valence-electron chi connectivity index (χ3n) is 6.00. The van der Waals surface area contributed by atoms with Crippen LogP contribution in [-0.4, -0.2) is 19.5 Å². The van der Waals surface area contributed by atoms with Crippen LogP contribution in [0.1, 0.15) is 56.4 Å². The van der Waals surface area contributed by atoms with Crippen molar-refractivity contribution in [2.45, 2.75) is 70.4 Å². The van der Waals surface area contributed by atoms with Gasteiger partial charge >= 0.3 is 0 Å². The predicted molar refractivity (Wildman–Crippen MR) is 117 cm³/mol. The van der Waals surface area contributed by atoms with Gasteiger partial charge in [-0.05, 0) is 49.0 Å². The molecule has 3 nitrogen and oxygen atoms in total. The fraction of sp³-hybridized carbons (Fsp3) is 0.458. The van der Waals surface area contributed by atoms with Crippen molar-refractivity contribution in [1.29, 1.82) is 0 Å². The number of benzene rings is 1. The van der Waals surface area contributed by atoms with Crippen LogP contribution in [0, 0.1) is 11.8 Å². The molecule has 2 atom stereocenters. The Labute approximate surface area is 169 Å². The van der Waals surface area contributed by atoms with Gasteiger partial charge in [0.05, 0.1) is 0 Å². The predicted octanol–water partition coefficient (Wildman–Crippen LogP) is 4.77. The second-order valence-electron chi connectivity index (χ2n) is 9.16. The summed E-state index contributed by atoms with van der Waals surface area (Å²) in [6.07, 6.45) is 3.21. The Bertz CT molecular complexity index is 928. The summed E-state index contributed by atoms with van der Waals surface area (Å²) in [5.74, 6) is 6.43. The standard InChI is InChI=1S/C24H30O3Si/c1-24(2,3)28(4,5)27-19-12-9-13-20-21(23(20)26)16-18(14-15-19)22(25)17-10-7-6-8-11-17/h6-8,10-11,16,19,22,25H,9,12-13H2,1-5H3/b18-16+. The largest absolute Gasteiger partial charge is 0.403 e. The smallest absolute Gasteiger partial charge is 0.193 e. The minimum absolute atomic E-state index is 0.106. The summed E-state index contributed by atoms with van der Waals surface area (Å²) in [6, 6.07) is 9.45. The molecule has 4 heteroatoms. The van der Waals surface area contributed by atoms with Gasteiger partial charge in [0.25, 0.3) is 0 Å². The molecule has 1 N–H and O–H groups in total. The van der Waals surface area contributed by atoms with Gasteiger partial charge in [0, 0.05) is 16.7 Å². The molecule has 2 aromatic rings. The van der Waals surface area contributed by atoms with Crippen molar-refractivity contribution in [3.8, 4) is 11.8 Å². The van der Waals surface area contributed by atoms with Crippen LogP contribution in [0.3, 0.4) is 0 Å². The molecule has 0 saturated heterocycles. The van der Waals surface area contributed by atoms with Gasteiger partial charge in [0.15, 0.2) is 13.7 Å². The van der Waals surface area contributed by atoms with Gasteiger partial charge in [-0.2, -0.15) is 0 Å². The zero-order valence-corrected chi connectivity index (χ0v) is 18.5. The molecular formula is C24H30O3Si.